The van der Waals surface area contributed by atoms with Gasteiger partial charge in [0.05, 0.1) is 5.60 Å². The summed E-state index contributed by atoms with van der Waals surface area (Å²) >= 11 is 0. The zero-order valence-electron chi connectivity index (χ0n) is 13.9. The minimum absolute atomic E-state index is 0.0151. The molecule has 0 aromatic heterocycles. The molecule has 0 aliphatic carbocycles. The lowest BCUT2D eigenvalue weighted by molar-refractivity contribution is -0.00846. The van der Waals surface area contributed by atoms with Crippen LogP contribution in [0.3, 0.4) is 0 Å². The van der Waals surface area contributed by atoms with Gasteiger partial charge in [-0.25, -0.2) is 0 Å². The van der Waals surface area contributed by atoms with E-state index in [4.69, 9.17) is 4.74 Å². The number of hydrogen-bond donors (Lipinski definition) is 0. The molecule has 0 saturated carbocycles. The van der Waals surface area contributed by atoms with E-state index in [1.54, 1.807) is 0 Å². The lowest BCUT2D eigenvalue weighted by atomic mass is 10.00. The van der Waals surface area contributed by atoms with Gasteiger partial charge in [0.25, 0.3) is 0 Å². The third-order valence-corrected chi connectivity index (χ3v) is 4.62. The van der Waals surface area contributed by atoms with Crippen LogP contribution in [0.15, 0.2) is 0 Å². The molecule has 2 rings (SSSR count). The molecule has 20 heavy (non-hydrogen) atoms. The molecule has 0 bridgehead atoms. The molecule has 2 saturated heterocycles. The van der Waals surface area contributed by atoms with Crippen molar-refractivity contribution in [2.75, 3.05) is 39.3 Å². The molecule has 2 aliphatic heterocycles. The number of rotatable bonds is 5. The molecule has 0 N–H and O–H groups in total. The van der Waals surface area contributed by atoms with Crippen molar-refractivity contribution >= 4 is 0 Å². The van der Waals surface area contributed by atoms with Crippen molar-refractivity contribution in [2.45, 2.75) is 70.9 Å². The number of hydrogen-bond acceptors (Lipinski definition) is 3. The van der Waals surface area contributed by atoms with Crippen LogP contribution in [0.4, 0.5) is 0 Å². The molecule has 118 valence electrons. The third kappa shape index (κ3) is 5.71. The highest BCUT2D eigenvalue weighted by Crippen LogP contribution is 2.20. The van der Waals surface area contributed by atoms with Crippen molar-refractivity contribution in [1.29, 1.82) is 0 Å². The number of piperidine rings is 2. The van der Waals surface area contributed by atoms with Crippen molar-refractivity contribution in [2.24, 2.45) is 0 Å². The van der Waals surface area contributed by atoms with E-state index in [1.165, 1.54) is 71.2 Å². The summed E-state index contributed by atoms with van der Waals surface area (Å²) < 4.78 is 5.80. The SMILES string of the molecule is CC(C)(C)OCCCN1CCC(N2CCCCC2)CC1. The first-order chi connectivity index (χ1) is 9.54. The molecule has 0 atom stereocenters. The first-order valence-electron chi connectivity index (χ1n) is 8.65. The third-order valence-electron chi connectivity index (χ3n) is 4.62. The molecule has 0 unspecified atom stereocenters. The molecule has 2 aliphatic rings. The first-order valence-corrected chi connectivity index (χ1v) is 8.65. The van der Waals surface area contributed by atoms with Crippen molar-refractivity contribution in [3.8, 4) is 0 Å². The van der Waals surface area contributed by atoms with Gasteiger partial charge in [0.1, 0.15) is 0 Å². The van der Waals surface area contributed by atoms with Crippen molar-refractivity contribution in [3.63, 3.8) is 0 Å². The lowest BCUT2D eigenvalue weighted by Crippen LogP contribution is -2.46. The Morgan fingerprint density at radius 2 is 1.60 bits per heavy atom. The van der Waals surface area contributed by atoms with Crippen molar-refractivity contribution in [1.82, 2.24) is 9.80 Å². The van der Waals surface area contributed by atoms with E-state index in [0.29, 0.717) is 0 Å². The molecular formula is C17H34N2O. The Balaban J connectivity index is 1.57. The molecule has 0 radical (unpaired) electrons. The maximum atomic E-state index is 5.80. The summed E-state index contributed by atoms with van der Waals surface area (Å²) in [5.74, 6) is 0. The molecule has 3 heteroatoms. The second kappa shape index (κ2) is 7.77. The summed E-state index contributed by atoms with van der Waals surface area (Å²) in [4.78, 5) is 5.38. The molecule has 0 amide bonds. The van der Waals surface area contributed by atoms with Crippen LogP contribution >= 0.6 is 0 Å². The van der Waals surface area contributed by atoms with Gasteiger partial charge in [0, 0.05) is 19.2 Å². The molecular weight excluding hydrogens is 248 g/mol. The summed E-state index contributed by atoms with van der Waals surface area (Å²) in [6.07, 6.45) is 8.21. The van der Waals surface area contributed by atoms with Gasteiger partial charge in [-0.15, -0.1) is 0 Å². The monoisotopic (exact) mass is 282 g/mol. The zero-order chi connectivity index (χ0) is 14.4. The fourth-order valence-corrected chi connectivity index (χ4v) is 3.46. The van der Waals surface area contributed by atoms with Gasteiger partial charge in [0.2, 0.25) is 0 Å². The van der Waals surface area contributed by atoms with Gasteiger partial charge in [-0.05, 0) is 79.1 Å². The van der Waals surface area contributed by atoms with Crippen LogP contribution in [0.1, 0.15) is 59.3 Å². The Morgan fingerprint density at radius 3 is 2.20 bits per heavy atom. The minimum atomic E-state index is 0.0151. The Kier molecular flexibility index (Phi) is 6.31. The number of ether oxygens (including phenoxy) is 1. The summed E-state index contributed by atoms with van der Waals surface area (Å²) in [5, 5.41) is 0. The van der Waals surface area contributed by atoms with Crippen LogP contribution in [0.25, 0.3) is 0 Å². The standard InChI is InChI=1S/C17H34N2O/c1-17(2,3)20-15-7-10-18-13-8-16(9-14-18)19-11-5-4-6-12-19/h16H,4-15H2,1-3H3. The second-order valence-corrected chi connectivity index (χ2v) is 7.48. The summed E-state index contributed by atoms with van der Waals surface area (Å²) in [6, 6.07) is 0.873. The quantitative estimate of drug-likeness (QED) is 0.721. The van der Waals surface area contributed by atoms with Gasteiger partial charge in [-0.2, -0.15) is 0 Å². The summed E-state index contributed by atoms with van der Waals surface area (Å²) in [6.45, 7) is 13.8. The van der Waals surface area contributed by atoms with Crippen LogP contribution in [0, 0.1) is 0 Å². The van der Waals surface area contributed by atoms with E-state index >= 15 is 0 Å². The van der Waals surface area contributed by atoms with Crippen molar-refractivity contribution in [3.05, 3.63) is 0 Å². The van der Waals surface area contributed by atoms with Gasteiger partial charge in [-0.3, -0.25) is 0 Å². The van der Waals surface area contributed by atoms with Gasteiger partial charge >= 0.3 is 0 Å². The Hall–Kier alpha value is -0.120. The number of nitrogens with zero attached hydrogens (tertiary/aromatic N) is 2. The topological polar surface area (TPSA) is 15.7 Å². The second-order valence-electron chi connectivity index (χ2n) is 7.48. The summed E-state index contributed by atoms with van der Waals surface area (Å²) in [5.41, 5.74) is 0.0151. The normalized spacial score (nSPS) is 24.1. The van der Waals surface area contributed by atoms with E-state index in [2.05, 4.69) is 30.6 Å². The average molecular weight is 282 g/mol. The minimum Gasteiger partial charge on any atom is -0.376 e. The van der Waals surface area contributed by atoms with E-state index in [0.717, 1.165) is 12.6 Å². The van der Waals surface area contributed by atoms with Crippen LogP contribution in [0.2, 0.25) is 0 Å². The van der Waals surface area contributed by atoms with Crippen LogP contribution in [0.5, 0.6) is 0 Å². The van der Waals surface area contributed by atoms with E-state index < -0.39 is 0 Å². The first kappa shape index (κ1) is 16.3. The van der Waals surface area contributed by atoms with Crippen molar-refractivity contribution < 1.29 is 4.74 Å². The fraction of sp³-hybridized carbons (Fsp3) is 1.00. The summed E-state index contributed by atoms with van der Waals surface area (Å²) in [7, 11) is 0. The highest BCUT2D eigenvalue weighted by atomic mass is 16.5. The fourth-order valence-electron chi connectivity index (χ4n) is 3.46. The van der Waals surface area contributed by atoms with Gasteiger partial charge in [0.15, 0.2) is 0 Å². The Bertz CT molecular complexity index is 261. The van der Waals surface area contributed by atoms with E-state index in [1.807, 2.05) is 0 Å². The van der Waals surface area contributed by atoms with Gasteiger partial charge in [-0.1, -0.05) is 6.42 Å². The Labute approximate surface area is 125 Å². The zero-order valence-corrected chi connectivity index (χ0v) is 13.9. The lowest BCUT2D eigenvalue weighted by Gasteiger charge is -2.40. The largest absolute Gasteiger partial charge is 0.376 e. The molecule has 3 nitrogen and oxygen atoms in total. The van der Waals surface area contributed by atoms with Crippen LogP contribution in [-0.2, 0) is 4.74 Å². The maximum absolute atomic E-state index is 5.80. The van der Waals surface area contributed by atoms with Crippen LogP contribution < -0.4 is 0 Å². The smallest absolute Gasteiger partial charge is 0.0598 e. The maximum Gasteiger partial charge on any atom is 0.0598 e. The molecule has 0 aromatic rings. The molecule has 0 aromatic carbocycles. The van der Waals surface area contributed by atoms with E-state index in [9.17, 15) is 0 Å². The van der Waals surface area contributed by atoms with Crippen LogP contribution in [-0.4, -0.2) is 60.8 Å². The molecule has 0 spiro atoms. The highest BCUT2D eigenvalue weighted by Gasteiger charge is 2.25. The average Bonchev–Trinajstić information content (AvgIpc) is 2.44. The predicted molar refractivity (Wildman–Crippen MR) is 85.2 cm³/mol. The predicted octanol–water partition coefficient (Wildman–Crippen LogP) is 3.14. The molecule has 2 heterocycles. The highest BCUT2D eigenvalue weighted by molar-refractivity contribution is 4.81. The van der Waals surface area contributed by atoms with Gasteiger partial charge < -0.3 is 14.5 Å². The number of likely N-dealkylation sites (tertiary alicyclic amines) is 2. The van der Waals surface area contributed by atoms with E-state index in [-0.39, 0.29) is 5.60 Å². The Morgan fingerprint density at radius 1 is 0.950 bits per heavy atom. The molecule has 2 fully saturated rings.